The van der Waals surface area contributed by atoms with E-state index in [0.717, 1.165) is 19.3 Å². The van der Waals surface area contributed by atoms with Crippen LogP contribution in [0.1, 0.15) is 32.6 Å². The van der Waals surface area contributed by atoms with Gasteiger partial charge in [0.05, 0.1) is 6.61 Å². The summed E-state index contributed by atoms with van der Waals surface area (Å²) >= 11 is 0. The molecule has 0 saturated heterocycles. The molecule has 80 valence electrons. The summed E-state index contributed by atoms with van der Waals surface area (Å²) in [6.45, 7) is 9.57. The van der Waals surface area contributed by atoms with Crippen molar-refractivity contribution in [3.63, 3.8) is 0 Å². The van der Waals surface area contributed by atoms with Crippen LogP contribution in [0.5, 0.6) is 0 Å². The first-order valence-corrected chi connectivity index (χ1v) is 4.84. The van der Waals surface area contributed by atoms with Gasteiger partial charge in [0.25, 0.3) is 0 Å². The van der Waals surface area contributed by atoms with Crippen molar-refractivity contribution in [1.82, 2.24) is 0 Å². The Labute approximate surface area is 85.3 Å². The molecule has 3 heteroatoms. The second-order valence-corrected chi connectivity index (χ2v) is 3.00. The van der Waals surface area contributed by atoms with Crippen LogP contribution in [0.15, 0.2) is 24.8 Å². The van der Waals surface area contributed by atoms with E-state index in [1.807, 2.05) is 0 Å². The van der Waals surface area contributed by atoms with E-state index in [9.17, 15) is 4.79 Å². The van der Waals surface area contributed by atoms with Gasteiger partial charge in [-0.25, -0.2) is 4.79 Å². The lowest BCUT2D eigenvalue weighted by molar-refractivity contribution is -0.268. The summed E-state index contributed by atoms with van der Waals surface area (Å²) < 4.78 is 0. The molecule has 0 spiro atoms. The number of rotatable bonds is 8. The first kappa shape index (κ1) is 12.9. The Morgan fingerprint density at radius 1 is 1.43 bits per heavy atom. The zero-order valence-electron chi connectivity index (χ0n) is 8.75. The molecule has 0 amide bonds. The maximum atomic E-state index is 11.1. The molecule has 3 nitrogen and oxygen atoms in total. The van der Waals surface area contributed by atoms with Gasteiger partial charge in [0, 0.05) is 5.57 Å². The lowest BCUT2D eigenvalue weighted by Crippen LogP contribution is -2.08. The highest BCUT2D eigenvalue weighted by Crippen LogP contribution is 2.02. The monoisotopic (exact) mass is 198 g/mol. The Morgan fingerprint density at radius 2 is 2.14 bits per heavy atom. The van der Waals surface area contributed by atoms with E-state index in [2.05, 4.69) is 25.0 Å². The summed E-state index contributed by atoms with van der Waals surface area (Å²) in [5, 5.41) is 0. The molecule has 0 aliphatic rings. The van der Waals surface area contributed by atoms with Crippen LogP contribution in [-0.2, 0) is 14.6 Å². The Balaban J connectivity index is 3.44. The number of carbonyl (C=O) groups excluding carboxylic acids is 1. The van der Waals surface area contributed by atoms with E-state index in [1.165, 1.54) is 0 Å². The molecule has 0 atom stereocenters. The van der Waals surface area contributed by atoms with Crippen molar-refractivity contribution in [3.8, 4) is 0 Å². The van der Waals surface area contributed by atoms with Crippen molar-refractivity contribution in [2.75, 3.05) is 6.61 Å². The summed E-state index contributed by atoms with van der Waals surface area (Å²) in [6, 6.07) is 0. The molecule has 0 bridgehead atoms. The van der Waals surface area contributed by atoms with E-state index in [4.69, 9.17) is 4.89 Å². The minimum atomic E-state index is -0.513. The molecule has 0 radical (unpaired) electrons. The maximum Gasteiger partial charge on any atom is 0.368 e. The standard InChI is InChI=1S/C11H18O3/c1-4-6-7-9-13-14-11(12)10(3)8-5-2/h5H,2-4,6-9H2,1H3. The van der Waals surface area contributed by atoms with Gasteiger partial charge in [-0.05, 0) is 12.8 Å². The number of hydrogen-bond donors (Lipinski definition) is 0. The van der Waals surface area contributed by atoms with Gasteiger partial charge in [-0.3, -0.25) is 4.89 Å². The molecule has 0 rings (SSSR count). The lowest BCUT2D eigenvalue weighted by Gasteiger charge is -2.03. The van der Waals surface area contributed by atoms with Crippen LogP contribution in [0.4, 0.5) is 0 Å². The fourth-order valence-electron chi connectivity index (χ4n) is 0.823. The zero-order chi connectivity index (χ0) is 10.8. The molecule has 0 saturated carbocycles. The molecular formula is C11H18O3. The van der Waals surface area contributed by atoms with Crippen LogP contribution in [0.25, 0.3) is 0 Å². The van der Waals surface area contributed by atoms with E-state index in [0.29, 0.717) is 18.6 Å². The molecule has 0 aliphatic heterocycles. The Kier molecular flexibility index (Phi) is 7.84. The second-order valence-electron chi connectivity index (χ2n) is 3.00. The third kappa shape index (κ3) is 6.43. The van der Waals surface area contributed by atoms with Crippen molar-refractivity contribution in [3.05, 3.63) is 24.8 Å². The van der Waals surface area contributed by atoms with E-state index in [1.54, 1.807) is 6.08 Å². The predicted molar refractivity (Wildman–Crippen MR) is 55.5 cm³/mol. The van der Waals surface area contributed by atoms with Gasteiger partial charge in [-0.15, -0.1) is 6.58 Å². The maximum absolute atomic E-state index is 11.1. The van der Waals surface area contributed by atoms with Crippen LogP contribution in [0.3, 0.4) is 0 Å². The second kappa shape index (κ2) is 8.51. The van der Waals surface area contributed by atoms with Gasteiger partial charge in [0.1, 0.15) is 0 Å². The highest BCUT2D eigenvalue weighted by atomic mass is 17.2. The lowest BCUT2D eigenvalue weighted by atomic mass is 10.2. The summed E-state index contributed by atoms with van der Waals surface area (Å²) in [4.78, 5) is 20.3. The van der Waals surface area contributed by atoms with Gasteiger partial charge in [-0.2, -0.15) is 4.89 Å². The van der Waals surface area contributed by atoms with Crippen LogP contribution in [0.2, 0.25) is 0 Å². The summed E-state index contributed by atoms with van der Waals surface area (Å²) in [5.74, 6) is -0.513. The Morgan fingerprint density at radius 3 is 2.71 bits per heavy atom. The Hall–Kier alpha value is -1.09. The van der Waals surface area contributed by atoms with Crippen molar-refractivity contribution in [2.24, 2.45) is 0 Å². The fourth-order valence-corrected chi connectivity index (χ4v) is 0.823. The summed E-state index contributed by atoms with van der Waals surface area (Å²) in [5.41, 5.74) is 0.357. The highest BCUT2D eigenvalue weighted by molar-refractivity contribution is 5.87. The minimum absolute atomic E-state index is 0.357. The first-order chi connectivity index (χ1) is 6.72. The average molecular weight is 198 g/mol. The fraction of sp³-hybridized carbons (Fsp3) is 0.545. The quantitative estimate of drug-likeness (QED) is 0.198. The normalized spacial score (nSPS) is 9.50. The SMILES string of the molecule is C=CCC(=C)C(=O)OOCCCCC. The molecule has 14 heavy (non-hydrogen) atoms. The highest BCUT2D eigenvalue weighted by Gasteiger charge is 2.07. The third-order valence-electron chi connectivity index (χ3n) is 1.65. The van der Waals surface area contributed by atoms with Crippen molar-refractivity contribution >= 4 is 5.97 Å². The minimum Gasteiger partial charge on any atom is -0.293 e. The molecule has 0 aromatic heterocycles. The largest absolute Gasteiger partial charge is 0.368 e. The molecule has 0 unspecified atom stereocenters. The molecule has 0 aliphatic carbocycles. The van der Waals surface area contributed by atoms with Gasteiger partial charge in [0.2, 0.25) is 0 Å². The molecule has 0 heterocycles. The van der Waals surface area contributed by atoms with Gasteiger partial charge in [0.15, 0.2) is 0 Å². The Bertz CT molecular complexity index is 197. The summed E-state index contributed by atoms with van der Waals surface area (Å²) in [7, 11) is 0. The smallest absolute Gasteiger partial charge is 0.293 e. The molecule has 0 aromatic rings. The van der Waals surface area contributed by atoms with Gasteiger partial charge < -0.3 is 0 Å². The third-order valence-corrected chi connectivity index (χ3v) is 1.65. The molecule has 0 fully saturated rings. The van der Waals surface area contributed by atoms with E-state index < -0.39 is 5.97 Å². The topological polar surface area (TPSA) is 35.5 Å². The van der Waals surface area contributed by atoms with Crippen molar-refractivity contribution in [2.45, 2.75) is 32.6 Å². The van der Waals surface area contributed by atoms with Crippen molar-refractivity contribution < 1.29 is 14.6 Å². The molecule has 0 N–H and O–H groups in total. The summed E-state index contributed by atoms with van der Waals surface area (Å²) in [6.07, 6.45) is 5.11. The van der Waals surface area contributed by atoms with Crippen molar-refractivity contribution in [1.29, 1.82) is 0 Å². The zero-order valence-corrected chi connectivity index (χ0v) is 8.75. The van der Waals surface area contributed by atoms with Gasteiger partial charge in [-0.1, -0.05) is 32.4 Å². The first-order valence-electron chi connectivity index (χ1n) is 4.84. The van der Waals surface area contributed by atoms with E-state index >= 15 is 0 Å². The molecule has 0 aromatic carbocycles. The molecular weight excluding hydrogens is 180 g/mol. The van der Waals surface area contributed by atoms with Crippen LogP contribution < -0.4 is 0 Å². The van der Waals surface area contributed by atoms with E-state index in [-0.39, 0.29) is 0 Å². The van der Waals surface area contributed by atoms with Crippen LogP contribution in [0, 0.1) is 0 Å². The predicted octanol–water partition coefficient (Wildman–Crippen LogP) is 2.78. The number of carbonyl (C=O) groups is 1. The average Bonchev–Trinajstić information content (AvgIpc) is 2.17. The number of allylic oxidation sites excluding steroid dienone is 1. The van der Waals surface area contributed by atoms with Crippen LogP contribution in [-0.4, -0.2) is 12.6 Å². The van der Waals surface area contributed by atoms with Crippen LogP contribution >= 0.6 is 0 Å². The van der Waals surface area contributed by atoms with Gasteiger partial charge >= 0.3 is 5.97 Å². The number of hydrogen-bond acceptors (Lipinski definition) is 3. The number of unbranched alkanes of at least 4 members (excludes halogenated alkanes) is 2.